The Kier molecular flexibility index (Phi) is 5.03. The lowest BCUT2D eigenvalue weighted by Crippen LogP contribution is -2.40. The second-order valence-electron chi connectivity index (χ2n) is 7.28. The predicted molar refractivity (Wildman–Crippen MR) is 93.4 cm³/mol. The van der Waals surface area contributed by atoms with E-state index in [1.807, 2.05) is 0 Å². The SMILES string of the molecule is Cn1nc(-c2cccnc2OC(F)F)c2c1CCN(C(=O)OC(C)(C)C)C2. The van der Waals surface area contributed by atoms with Crippen LogP contribution in [0.5, 0.6) is 5.88 Å². The van der Waals surface area contributed by atoms with E-state index < -0.39 is 18.3 Å². The molecule has 0 aromatic carbocycles. The summed E-state index contributed by atoms with van der Waals surface area (Å²) in [6.45, 7) is 3.19. The van der Waals surface area contributed by atoms with Gasteiger partial charge in [-0.25, -0.2) is 9.78 Å². The molecule has 0 bridgehead atoms. The van der Waals surface area contributed by atoms with E-state index in [2.05, 4.69) is 14.8 Å². The van der Waals surface area contributed by atoms with Gasteiger partial charge in [-0.2, -0.15) is 13.9 Å². The second-order valence-corrected chi connectivity index (χ2v) is 7.28. The molecular weight excluding hydrogens is 358 g/mol. The van der Waals surface area contributed by atoms with Crippen LogP contribution in [0.15, 0.2) is 18.3 Å². The number of hydrogen-bond donors (Lipinski definition) is 0. The van der Waals surface area contributed by atoms with Crippen LogP contribution in [0.25, 0.3) is 11.3 Å². The van der Waals surface area contributed by atoms with Gasteiger partial charge in [-0.3, -0.25) is 4.68 Å². The van der Waals surface area contributed by atoms with Gasteiger partial charge < -0.3 is 14.4 Å². The zero-order valence-corrected chi connectivity index (χ0v) is 15.7. The predicted octanol–water partition coefficient (Wildman–Crippen LogP) is 3.38. The van der Waals surface area contributed by atoms with Crippen molar-refractivity contribution < 1.29 is 23.0 Å². The van der Waals surface area contributed by atoms with Gasteiger partial charge in [0.15, 0.2) is 0 Å². The smallest absolute Gasteiger partial charge is 0.410 e. The number of ether oxygens (including phenoxy) is 2. The van der Waals surface area contributed by atoms with Crippen molar-refractivity contribution in [3.8, 4) is 17.1 Å². The minimum absolute atomic E-state index is 0.192. The minimum Gasteiger partial charge on any atom is -0.444 e. The third-order valence-corrected chi connectivity index (χ3v) is 4.12. The lowest BCUT2D eigenvalue weighted by Gasteiger charge is -2.30. The molecule has 146 valence electrons. The van der Waals surface area contributed by atoms with Crippen LogP contribution in [0.1, 0.15) is 32.0 Å². The van der Waals surface area contributed by atoms with Crippen molar-refractivity contribution >= 4 is 6.09 Å². The monoisotopic (exact) mass is 380 g/mol. The number of nitrogens with zero attached hydrogens (tertiary/aromatic N) is 4. The number of carbonyl (C=O) groups excluding carboxylic acids is 1. The lowest BCUT2D eigenvalue weighted by atomic mass is 10.0. The van der Waals surface area contributed by atoms with E-state index >= 15 is 0 Å². The maximum atomic E-state index is 12.7. The van der Waals surface area contributed by atoms with Crippen molar-refractivity contribution in [1.29, 1.82) is 0 Å². The van der Waals surface area contributed by atoms with E-state index in [0.717, 1.165) is 11.3 Å². The van der Waals surface area contributed by atoms with Crippen LogP contribution < -0.4 is 4.74 Å². The van der Waals surface area contributed by atoms with Crippen LogP contribution in [0.2, 0.25) is 0 Å². The normalized spacial score (nSPS) is 14.3. The number of rotatable bonds is 3. The summed E-state index contributed by atoms with van der Waals surface area (Å²) in [5.74, 6) is -0.192. The number of alkyl halides is 2. The Morgan fingerprint density at radius 2 is 2.07 bits per heavy atom. The molecular formula is C18H22F2N4O3. The van der Waals surface area contributed by atoms with Crippen molar-refractivity contribution in [1.82, 2.24) is 19.7 Å². The zero-order valence-electron chi connectivity index (χ0n) is 15.7. The second kappa shape index (κ2) is 7.13. The van der Waals surface area contributed by atoms with E-state index in [9.17, 15) is 13.6 Å². The number of carbonyl (C=O) groups is 1. The highest BCUT2D eigenvalue weighted by atomic mass is 19.3. The Balaban J connectivity index is 1.95. The van der Waals surface area contributed by atoms with Crippen molar-refractivity contribution in [2.75, 3.05) is 6.54 Å². The Hall–Kier alpha value is -2.71. The highest BCUT2D eigenvalue weighted by Crippen LogP contribution is 2.34. The molecule has 1 amide bonds. The van der Waals surface area contributed by atoms with Crippen LogP contribution in [-0.4, -0.2) is 44.5 Å². The Morgan fingerprint density at radius 1 is 1.33 bits per heavy atom. The fraction of sp³-hybridized carbons (Fsp3) is 0.500. The molecule has 1 aliphatic rings. The molecule has 9 heteroatoms. The fourth-order valence-electron chi connectivity index (χ4n) is 3.04. The number of aromatic nitrogens is 3. The number of aryl methyl sites for hydroxylation is 1. The van der Waals surface area contributed by atoms with E-state index in [-0.39, 0.29) is 12.4 Å². The summed E-state index contributed by atoms with van der Waals surface area (Å²) in [5, 5.41) is 4.47. The summed E-state index contributed by atoms with van der Waals surface area (Å²) < 4.78 is 37.1. The van der Waals surface area contributed by atoms with Gasteiger partial charge in [0.05, 0.1) is 12.1 Å². The van der Waals surface area contributed by atoms with Gasteiger partial charge in [0, 0.05) is 37.5 Å². The molecule has 27 heavy (non-hydrogen) atoms. The largest absolute Gasteiger partial charge is 0.444 e. The average Bonchev–Trinajstić information content (AvgIpc) is 2.89. The average molecular weight is 380 g/mol. The molecule has 1 aliphatic heterocycles. The topological polar surface area (TPSA) is 69.5 Å². The van der Waals surface area contributed by atoms with Crippen molar-refractivity contribution in [2.45, 2.75) is 45.9 Å². The summed E-state index contributed by atoms with van der Waals surface area (Å²) in [6, 6.07) is 3.25. The summed E-state index contributed by atoms with van der Waals surface area (Å²) in [7, 11) is 1.79. The van der Waals surface area contributed by atoms with Gasteiger partial charge in [0.1, 0.15) is 11.3 Å². The molecule has 7 nitrogen and oxygen atoms in total. The molecule has 0 fully saturated rings. The molecule has 0 atom stereocenters. The third kappa shape index (κ3) is 4.17. The van der Waals surface area contributed by atoms with Crippen LogP contribution in [-0.2, 0) is 24.8 Å². The number of hydrogen-bond acceptors (Lipinski definition) is 5. The molecule has 0 N–H and O–H groups in total. The van der Waals surface area contributed by atoms with Gasteiger partial charge in [-0.05, 0) is 32.9 Å². The van der Waals surface area contributed by atoms with Crippen molar-refractivity contribution in [3.05, 3.63) is 29.6 Å². The Morgan fingerprint density at radius 3 is 2.74 bits per heavy atom. The fourth-order valence-corrected chi connectivity index (χ4v) is 3.04. The van der Waals surface area contributed by atoms with Crippen LogP contribution in [0.4, 0.5) is 13.6 Å². The zero-order chi connectivity index (χ0) is 19.8. The molecule has 0 spiro atoms. The molecule has 0 saturated carbocycles. The highest BCUT2D eigenvalue weighted by Gasteiger charge is 2.31. The van der Waals surface area contributed by atoms with E-state index in [4.69, 9.17) is 4.74 Å². The lowest BCUT2D eigenvalue weighted by molar-refractivity contribution is -0.0524. The molecule has 0 radical (unpaired) electrons. The first kappa shape index (κ1) is 19.1. The number of fused-ring (bicyclic) bond motifs is 1. The Labute approximate surface area is 155 Å². The maximum absolute atomic E-state index is 12.7. The van der Waals surface area contributed by atoms with Crippen molar-refractivity contribution in [2.24, 2.45) is 7.05 Å². The quantitative estimate of drug-likeness (QED) is 0.817. The summed E-state index contributed by atoms with van der Waals surface area (Å²) >= 11 is 0. The molecule has 2 aromatic rings. The van der Waals surface area contributed by atoms with Crippen LogP contribution in [0, 0.1) is 0 Å². The van der Waals surface area contributed by atoms with E-state index in [1.165, 1.54) is 6.20 Å². The number of halogens is 2. The maximum Gasteiger partial charge on any atom is 0.410 e. The number of pyridine rings is 1. The molecule has 2 aromatic heterocycles. The molecule has 0 aliphatic carbocycles. The summed E-state index contributed by atoms with van der Waals surface area (Å²) in [5.41, 5.74) is 1.96. The van der Waals surface area contributed by atoms with Gasteiger partial charge >= 0.3 is 12.7 Å². The molecule has 3 rings (SSSR count). The first-order chi connectivity index (χ1) is 12.7. The minimum atomic E-state index is -2.99. The first-order valence-corrected chi connectivity index (χ1v) is 8.58. The van der Waals surface area contributed by atoms with Crippen LogP contribution in [0.3, 0.4) is 0 Å². The van der Waals surface area contributed by atoms with Gasteiger partial charge in [-0.15, -0.1) is 0 Å². The van der Waals surface area contributed by atoms with Crippen LogP contribution >= 0.6 is 0 Å². The standard InChI is InChI=1S/C18H22F2N4O3/c1-18(2,3)27-17(25)24-9-7-13-12(10-24)14(22-23(13)4)11-6-5-8-21-15(11)26-16(19)20/h5-6,8,16H,7,9-10H2,1-4H3. The van der Waals surface area contributed by atoms with Gasteiger partial charge in [0.25, 0.3) is 0 Å². The molecule has 3 heterocycles. The van der Waals surface area contributed by atoms with E-state index in [1.54, 1.807) is 49.5 Å². The van der Waals surface area contributed by atoms with Gasteiger partial charge in [-0.1, -0.05) is 0 Å². The Bertz CT molecular complexity index is 846. The molecule has 0 unspecified atom stereocenters. The first-order valence-electron chi connectivity index (χ1n) is 8.58. The number of amides is 1. The summed E-state index contributed by atoms with van der Waals surface area (Å²) in [4.78, 5) is 17.9. The highest BCUT2D eigenvalue weighted by molar-refractivity contribution is 5.72. The molecule has 0 saturated heterocycles. The van der Waals surface area contributed by atoms with Crippen molar-refractivity contribution in [3.63, 3.8) is 0 Å². The third-order valence-electron chi connectivity index (χ3n) is 4.12. The summed E-state index contributed by atoms with van der Waals surface area (Å²) in [6.07, 6.45) is 1.55. The van der Waals surface area contributed by atoms with E-state index in [0.29, 0.717) is 24.2 Å². The van der Waals surface area contributed by atoms with Gasteiger partial charge in [0.2, 0.25) is 5.88 Å².